The topological polar surface area (TPSA) is 67.0 Å². The van der Waals surface area contributed by atoms with E-state index in [0.29, 0.717) is 12.3 Å². The van der Waals surface area contributed by atoms with Crippen molar-refractivity contribution < 1.29 is 9.53 Å². The summed E-state index contributed by atoms with van der Waals surface area (Å²) >= 11 is 0. The van der Waals surface area contributed by atoms with E-state index >= 15 is 0 Å². The van der Waals surface area contributed by atoms with Gasteiger partial charge in [-0.2, -0.15) is 0 Å². The summed E-state index contributed by atoms with van der Waals surface area (Å²) < 4.78 is 4.76. The van der Waals surface area contributed by atoms with Gasteiger partial charge >= 0.3 is 6.09 Å². The maximum absolute atomic E-state index is 11.1. The summed E-state index contributed by atoms with van der Waals surface area (Å²) in [6, 6.07) is 5.42. The number of fused-ring (bicyclic) bond motifs is 1. The van der Waals surface area contributed by atoms with Crippen molar-refractivity contribution in [2.45, 2.75) is 6.92 Å². The minimum absolute atomic E-state index is 0.358. The molecule has 0 aliphatic heterocycles. The van der Waals surface area contributed by atoms with E-state index < -0.39 is 6.09 Å². The number of hydrogen-bond donors (Lipinski definition) is 2. The van der Waals surface area contributed by atoms with Gasteiger partial charge in [0, 0.05) is 5.69 Å². The predicted octanol–water partition coefficient (Wildman–Crippen LogP) is 2.13. The molecule has 15 heavy (non-hydrogen) atoms. The van der Waals surface area contributed by atoms with Crippen LogP contribution in [0.15, 0.2) is 24.5 Å². The molecule has 0 fully saturated rings. The van der Waals surface area contributed by atoms with Crippen LogP contribution in [0, 0.1) is 0 Å². The van der Waals surface area contributed by atoms with Crippen LogP contribution in [0.4, 0.5) is 10.5 Å². The predicted molar refractivity (Wildman–Crippen MR) is 56.7 cm³/mol. The third kappa shape index (κ3) is 2.07. The fourth-order valence-corrected chi connectivity index (χ4v) is 1.29. The molecule has 0 saturated heterocycles. The van der Waals surface area contributed by atoms with Gasteiger partial charge in [0.1, 0.15) is 0 Å². The van der Waals surface area contributed by atoms with Gasteiger partial charge in [-0.05, 0) is 25.1 Å². The van der Waals surface area contributed by atoms with Crippen molar-refractivity contribution in [1.82, 2.24) is 9.97 Å². The van der Waals surface area contributed by atoms with E-state index in [1.165, 1.54) is 0 Å². The Balaban J connectivity index is 2.17. The summed E-state index contributed by atoms with van der Waals surface area (Å²) in [6.45, 7) is 2.12. The normalized spacial score (nSPS) is 10.2. The van der Waals surface area contributed by atoms with Crippen LogP contribution < -0.4 is 5.32 Å². The van der Waals surface area contributed by atoms with Gasteiger partial charge in [-0.25, -0.2) is 9.78 Å². The zero-order valence-electron chi connectivity index (χ0n) is 8.28. The first kappa shape index (κ1) is 9.51. The summed E-state index contributed by atoms with van der Waals surface area (Å²) in [4.78, 5) is 18.2. The van der Waals surface area contributed by atoms with E-state index in [1.54, 1.807) is 25.4 Å². The molecular weight excluding hydrogens is 194 g/mol. The Morgan fingerprint density at radius 1 is 1.60 bits per heavy atom. The number of carbonyl (C=O) groups is 1. The van der Waals surface area contributed by atoms with E-state index in [4.69, 9.17) is 4.74 Å². The number of aromatic amines is 1. The van der Waals surface area contributed by atoms with E-state index in [2.05, 4.69) is 15.3 Å². The summed E-state index contributed by atoms with van der Waals surface area (Å²) in [6.07, 6.45) is 1.16. The fraction of sp³-hybridized carbons (Fsp3) is 0.200. The number of benzene rings is 1. The number of rotatable bonds is 2. The molecule has 2 N–H and O–H groups in total. The highest BCUT2D eigenvalue weighted by molar-refractivity contribution is 5.88. The molecule has 0 aliphatic rings. The molecule has 2 rings (SSSR count). The number of carbonyl (C=O) groups excluding carboxylic acids is 1. The molecule has 1 aromatic carbocycles. The first-order valence-corrected chi connectivity index (χ1v) is 4.66. The van der Waals surface area contributed by atoms with Crippen molar-refractivity contribution in [2.75, 3.05) is 11.9 Å². The minimum Gasteiger partial charge on any atom is -0.450 e. The summed E-state index contributed by atoms with van der Waals surface area (Å²) in [5, 5.41) is 2.61. The van der Waals surface area contributed by atoms with Crippen LogP contribution in [0.1, 0.15) is 6.92 Å². The van der Waals surface area contributed by atoms with E-state index in [1.807, 2.05) is 6.07 Å². The van der Waals surface area contributed by atoms with Crippen molar-refractivity contribution in [2.24, 2.45) is 0 Å². The minimum atomic E-state index is -0.451. The van der Waals surface area contributed by atoms with Crippen LogP contribution in [0.2, 0.25) is 0 Å². The van der Waals surface area contributed by atoms with Crippen molar-refractivity contribution in [3.8, 4) is 0 Å². The van der Waals surface area contributed by atoms with E-state index in [9.17, 15) is 4.79 Å². The lowest BCUT2D eigenvalue weighted by molar-refractivity contribution is 0.168. The Bertz CT molecular complexity index is 478. The second-order valence-corrected chi connectivity index (χ2v) is 2.98. The quantitative estimate of drug-likeness (QED) is 0.789. The second kappa shape index (κ2) is 4.00. The lowest BCUT2D eigenvalue weighted by Crippen LogP contribution is -2.13. The summed E-state index contributed by atoms with van der Waals surface area (Å²) in [7, 11) is 0. The number of H-pyrrole nitrogens is 1. The average molecular weight is 205 g/mol. The molecule has 1 heterocycles. The summed E-state index contributed by atoms with van der Waals surface area (Å²) in [5.41, 5.74) is 2.42. The fourth-order valence-electron chi connectivity index (χ4n) is 1.29. The third-order valence-corrected chi connectivity index (χ3v) is 1.94. The van der Waals surface area contributed by atoms with Gasteiger partial charge in [-0.3, -0.25) is 5.32 Å². The number of ether oxygens (including phenoxy) is 1. The SMILES string of the molecule is CCOC(=O)Nc1ccc2[nH]cnc2c1. The van der Waals surface area contributed by atoms with Crippen LogP contribution in [-0.4, -0.2) is 22.7 Å². The molecule has 0 atom stereocenters. The molecule has 0 radical (unpaired) electrons. The molecule has 5 nitrogen and oxygen atoms in total. The number of hydrogen-bond acceptors (Lipinski definition) is 3. The van der Waals surface area contributed by atoms with Gasteiger partial charge in [0.2, 0.25) is 0 Å². The smallest absolute Gasteiger partial charge is 0.411 e. The molecule has 1 aromatic heterocycles. The number of anilines is 1. The lowest BCUT2D eigenvalue weighted by atomic mass is 10.3. The highest BCUT2D eigenvalue weighted by Gasteiger charge is 2.03. The van der Waals surface area contributed by atoms with Crippen LogP contribution in [-0.2, 0) is 4.74 Å². The molecule has 0 spiro atoms. The molecule has 1 amide bonds. The summed E-state index contributed by atoms with van der Waals surface area (Å²) in [5.74, 6) is 0. The lowest BCUT2D eigenvalue weighted by Gasteiger charge is -2.04. The van der Waals surface area contributed by atoms with Crippen molar-refractivity contribution >= 4 is 22.8 Å². The Labute approximate surface area is 86.5 Å². The molecule has 2 aromatic rings. The van der Waals surface area contributed by atoms with Gasteiger partial charge in [0.15, 0.2) is 0 Å². The largest absolute Gasteiger partial charge is 0.450 e. The van der Waals surface area contributed by atoms with Crippen LogP contribution in [0.3, 0.4) is 0 Å². The van der Waals surface area contributed by atoms with Crippen molar-refractivity contribution in [3.63, 3.8) is 0 Å². The van der Waals surface area contributed by atoms with Gasteiger partial charge in [-0.15, -0.1) is 0 Å². The van der Waals surface area contributed by atoms with Crippen molar-refractivity contribution in [1.29, 1.82) is 0 Å². The van der Waals surface area contributed by atoms with Gasteiger partial charge in [0.05, 0.1) is 24.0 Å². The molecule has 5 heteroatoms. The zero-order valence-corrected chi connectivity index (χ0v) is 8.28. The Hall–Kier alpha value is -2.04. The standard InChI is InChI=1S/C10H11N3O2/c1-2-15-10(14)13-7-3-4-8-9(5-7)12-6-11-8/h3-6H,2H2,1H3,(H,11,12)(H,13,14). The average Bonchev–Trinajstić information content (AvgIpc) is 2.65. The first-order chi connectivity index (χ1) is 7.29. The van der Waals surface area contributed by atoms with E-state index in [-0.39, 0.29) is 0 Å². The Kier molecular flexibility index (Phi) is 2.53. The molecule has 0 bridgehead atoms. The van der Waals surface area contributed by atoms with Crippen LogP contribution in [0.5, 0.6) is 0 Å². The van der Waals surface area contributed by atoms with Crippen LogP contribution >= 0.6 is 0 Å². The molecular formula is C10H11N3O2. The number of amides is 1. The van der Waals surface area contributed by atoms with Crippen molar-refractivity contribution in [3.05, 3.63) is 24.5 Å². The Morgan fingerprint density at radius 3 is 3.27 bits per heavy atom. The number of nitrogens with zero attached hydrogens (tertiary/aromatic N) is 1. The monoisotopic (exact) mass is 205 g/mol. The molecule has 78 valence electrons. The van der Waals surface area contributed by atoms with Crippen LogP contribution in [0.25, 0.3) is 11.0 Å². The molecule has 0 unspecified atom stereocenters. The maximum atomic E-state index is 11.1. The zero-order chi connectivity index (χ0) is 10.7. The maximum Gasteiger partial charge on any atom is 0.411 e. The Morgan fingerprint density at radius 2 is 2.47 bits per heavy atom. The number of imidazole rings is 1. The van der Waals surface area contributed by atoms with Gasteiger partial charge < -0.3 is 9.72 Å². The molecule has 0 aliphatic carbocycles. The highest BCUT2D eigenvalue weighted by atomic mass is 16.5. The number of nitrogens with one attached hydrogen (secondary N) is 2. The van der Waals surface area contributed by atoms with Gasteiger partial charge in [-0.1, -0.05) is 0 Å². The van der Waals surface area contributed by atoms with E-state index in [0.717, 1.165) is 11.0 Å². The highest BCUT2D eigenvalue weighted by Crippen LogP contribution is 2.15. The second-order valence-electron chi connectivity index (χ2n) is 2.98. The molecule has 0 saturated carbocycles. The third-order valence-electron chi connectivity index (χ3n) is 1.94. The number of aromatic nitrogens is 2. The van der Waals surface area contributed by atoms with Gasteiger partial charge in [0.25, 0.3) is 0 Å². The first-order valence-electron chi connectivity index (χ1n) is 4.66.